The van der Waals surface area contributed by atoms with Gasteiger partial charge in [-0.15, -0.1) is 0 Å². The van der Waals surface area contributed by atoms with Crippen molar-refractivity contribution in [3.63, 3.8) is 0 Å². The number of carbonyl (C=O) groups is 1. The summed E-state index contributed by atoms with van der Waals surface area (Å²) in [5.41, 5.74) is -0.360. The van der Waals surface area contributed by atoms with Crippen LogP contribution >= 0.6 is 0 Å². The van der Waals surface area contributed by atoms with Crippen molar-refractivity contribution in [2.75, 3.05) is 0 Å². The number of nitrogens with one attached hydrogen (secondary N) is 1. The summed E-state index contributed by atoms with van der Waals surface area (Å²) in [5.74, 6) is -0.899. The van der Waals surface area contributed by atoms with Crippen LogP contribution in [0, 0.1) is 0 Å². The third-order valence-corrected chi connectivity index (χ3v) is 4.79. The highest BCUT2D eigenvalue weighted by Crippen LogP contribution is 2.39. The summed E-state index contributed by atoms with van der Waals surface area (Å²) < 4.78 is 32.2. The van der Waals surface area contributed by atoms with E-state index >= 15 is 0 Å². The Kier molecular flexibility index (Phi) is 4.21. The molecule has 0 atom stereocenters. The van der Waals surface area contributed by atoms with E-state index in [4.69, 9.17) is 4.42 Å². The molecule has 3 aromatic rings. The number of hydrogen-bond donors (Lipinski definition) is 1. The van der Waals surface area contributed by atoms with Crippen molar-refractivity contribution in [3.8, 4) is 0 Å². The van der Waals surface area contributed by atoms with E-state index in [0.717, 1.165) is 12.5 Å². The molecule has 1 saturated carbocycles. The number of alkyl halides is 2. The molecule has 0 spiro atoms. The summed E-state index contributed by atoms with van der Waals surface area (Å²) in [5, 5.41) is 2.83. The van der Waals surface area contributed by atoms with Gasteiger partial charge < -0.3 is 9.73 Å². The minimum absolute atomic E-state index is 0.171. The van der Waals surface area contributed by atoms with Crippen LogP contribution in [0.3, 0.4) is 0 Å². The highest BCUT2D eigenvalue weighted by Gasteiger charge is 2.43. The predicted octanol–water partition coefficient (Wildman–Crippen LogP) is 2.52. The predicted molar refractivity (Wildman–Crippen MR) is 91.1 cm³/mol. The number of nitrogens with zero attached hydrogens (tertiary/aromatic N) is 3. The highest BCUT2D eigenvalue weighted by atomic mass is 19.3. The summed E-state index contributed by atoms with van der Waals surface area (Å²) in [6.07, 6.45) is 0.468. The quantitative estimate of drug-likeness (QED) is 0.741. The van der Waals surface area contributed by atoms with Crippen LogP contribution in [-0.2, 0) is 16.9 Å². The first kappa shape index (κ1) is 17.3. The topological polar surface area (TPSA) is 90.0 Å². The number of amides is 1. The van der Waals surface area contributed by atoms with Gasteiger partial charge >= 0.3 is 5.76 Å². The van der Waals surface area contributed by atoms with Crippen LogP contribution in [0.15, 0.2) is 45.7 Å². The van der Waals surface area contributed by atoms with Crippen molar-refractivity contribution < 1.29 is 18.0 Å². The Morgan fingerprint density at radius 2 is 2.07 bits per heavy atom. The maximum Gasteiger partial charge on any atom is 0.420 e. The highest BCUT2D eigenvalue weighted by molar-refractivity contribution is 5.80. The second-order valence-electron chi connectivity index (χ2n) is 6.51. The van der Waals surface area contributed by atoms with E-state index in [-0.39, 0.29) is 18.1 Å². The number of para-hydroxylation sites is 2. The fourth-order valence-corrected chi connectivity index (χ4v) is 3.27. The van der Waals surface area contributed by atoms with Gasteiger partial charge in [0.25, 0.3) is 6.43 Å². The van der Waals surface area contributed by atoms with Crippen molar-refractivity contribution >= 4 is 17.0 Å². The SMILES string of the molecule is O=C(Cn1c(=O)oc2ccccc21)NC1(c2nccc(C(F)F)n2)CCC1. The van der Waals surface area contributed by atoms with Gasteiger partial charge in [-0.2, -0.15) is 0 Å². The van der Waals surface area contributed by atoms with Gasteiger partial charge in [-0.1, -0.05) is 12.1 Å². The van der Waals surface area contributed by atoms with Gasteiger partial charge in [-0.25, -0.2) is 23.5 Å². The van der Waals surface area contributed by atoms with Crippen LogP contribution in [0.1, 0.15) is 37.2 Å². The fraction of sp³-hybridized carbons (Fsp3) is 0.333. The van der Waals surface area contributed by atoms with Gasteiger partial charge in [0.05, 0.1) is 11.1 Å². The number of oxazole rings is 1. The van der Waals surface area contributed by atoms with Crippen LogP contribution in [0.25, 0.3) is 11.1 Å². The van der Waals surface area contributed by atoms with E-state index in [1.165, 1.54) is 10.8 Å². The molecule has 0 radical (unpaired) electrons. The Morgan fingerprint density at radius 1 is 1.30 bits per heavy atom. The zero-order chi connectivity index (χ0) is 19.0. The van der Waals surface area contributed by atoms with Crippen molar-refractivity contribution in [2.24, 2.45) is 0 Å². The molecule has 1 amide bonds. The molecule has 1 N–H and O–H groups in total. The average molecular weight is 374 g/mol. The largest absolute Gasteiger partial charge is 0.420 e. The molecule has 1 fully saturated rings. The lowest BCUT2D eigenvalue weighted by Crippen LogP contribution is -2.53. The molecule has 1 aromatic carbocycles. The van der Waals surface area contributed by atoms with Crippen molar-refractivity contribution in [1.82, 2.24) is 19.9 Å². The van der Waals surface area contributed by atoms with Gasteiger partial charge in [0.2, 0.25) is 5.91 Å². The lowest BCUT2D eigenvalue weighted by atomic mass is 9.76. The van der Waals surface area contributed by atoms with E-state index in [1.807, 2.05) is 0 Å². The van der Waals surface area contributed by atoms with E-state index < -0.39 is 23.6 Å². The van der Waals surface area contributed by atoms with Crippen molar-refractivity contribution in [1.29, 1.82) is 0 Å². The van der Waals surface area contributed by atoms with Gasteiger partial charge in [0.1, 0.15) is 12.2 Å². The number of rotatable bonds is 5. The summed E-state index contributed by atoms with van der Waals surface area (Å²) in [7, 11) is 0. The number of carbonyl (C=O) groups excluding carboxylic acids is 1. The Bertz CT molecular complexity index is 1060. The summed E-state index contributed by atoms with van der Waals surface area (Å²) >= 11 is 0. The molecular weight excluding hydrogens is 358 g/mol. The van der Waals surface area contributed by atoms with Crippen LogP contribution in [0.4, 0.5) is 8.78 Å². The van der Waals surface area contributed by atoms with Gasteiger partial charge in [0, 0.05) is 6.20 Å². The van der Waals surface area contributed by atoms with Crippen LogP contribution in [0.2, 0.25) is 0 Å². The zero-order valence-corrected chi connectivity index (χ0v) is 14.2. The normalized spacial score (nSPS) is 15.7. The van der Waals surface area contributed by atoms with Gasteiger partial charge in [-0.05, 0) is 37.5 Å². The maximum absolute atomic E-state index is 12.9. The number of halogens is 2. The first-order valence-electron chi connectivity index (χ1n) is 8.49. The maximum atomic E-state index is 12.9. The second kappa shape index (κ2) is 6.57. The van der Waals surface area contributed by atoms with Crippen LogP contribution < -0.4 is 11.1 Å². The first-order valence-corrected chi connectivity index (χ1v) is 8.49. The third kappa shape index (κ3) is 3.09. The molecule has 1 aliphatic rings. The van der Waals surface area contributed by atoms with E-state index in [0.29, 0.717) is 23.9 Å². The molecule has 2 heterocycles. The molecule has 7 nitrogen and oxygen atoms in total. The molecule has 140 valence electrons. The summed E-state index contributed by atoms with van der Waals surface area (Å²) in [6, 6.07) is 7.94. The monoisotopic (exact) mass is 374 g/mol. The van der Waals surface area contributed by atoms with Crippen LogP contribution in [-0.4, -0.2) is 20.4 Å². The van der Waals surface area contributed by atoms with E-state index in [2.05, 4.69) is 15.3 Å². The molecule has 2 aromatic heterocycles. The van der Waals surface area contributed by atoms with Gasteiger partial charge in [0.15, 0.2) is 11.4 Å². The molecule has 9 heteroatoms. The standard InChI is InChI=1S/C18H16F2N4O3/c19-15(20)11-6-9-21-16(22-11)18(7-3-8-18)23-14(25)10-24-12-4-1-2-5-13(12)27-17(24)26/h1-2,4-6,9,15H,3,7-8,10H2,(H,23,25). The van der Waals surface area contributed by atoms with Crippen LogP contribution in [0.5, 0.6) is 0 Å². The molecule has 0 unspecified atom stereocenters. The summed E-state index contributed by atoms with van der Waals surface area (Å²) in [6.45, 7) is -0.244. The molecule has 1 aliphatic carbocycles. The minimum atomic E-state index is -2.71. The molecule has 27 heavy (non-hydrogen) atoms. The summed E-state index contributed by atoms with van der Waals surface area (Å²) in [4.78, 5) is 32.6. The van der Waals surface area contributed by atoms with Gasteiger partial charge in [-0.3, -0.25) is 9.36 Å². The lowest BCUT2D eigenvalue weighted by Gasteiger charge is -2.41. The Balaban J connectivity index is 1.58. The Morgan fingerprint density at radius 3 is 2.78 bits per heavy atom. The Labute approximate surface area is 152 Å². The molecule has 0 saturated heterocycles. The molecule has 4 rings (SSSR count). The first-order chi connectivity index (χ1) is 13.0. The lowest BCUT2D eigenvalue weighted by molar-refractivity contribution is -0.125. The molecule has 0 bridgehead atoms. The smallest absolute Gasteiger partial charge is 0.408 e. The number of fused-ring (bicyclic) bond motifs is 1. The second-order valence-corrected chi connectivity index (χ2v) is 6.51. The number of aromatic nitrogens is 3. The fourth-order valence-electron chi connectivity index (χ4n) is 3.27. The zero-order valence-electron chi connectivity index (χ0n) is 14.2. The average Bonchev–Trinajstić information content (AvgIpc) is 2.94. The van der Waals surface area contributed by atoms with Crippen molar-refractivity contribution in [3.05, 3.63) is 58.6 Å². The number of benzene rings is 1. The number of hydrogen-bond acceptors (Lipinski definition) is 5. The van der Waals surface area contributed by atoms with E-state index in [9.17, 15) is 18.4 Å². The Hall–Kier alpha value is -3.10. The third-order valence-electron chi connectivity index (χ3n) is 4.79. The minimum Gasteiger partial charge on any atom is -0.408 e. The molecular formula is C18H16F2N4O3. The van der Waals surface area contributed by atoms with E-state index in [1.54, 1.807) is 24.3 Å². The molecule has 0 aliphatic heterocycles. The van der Waals surface area contributed by atoms with Crippen molar-refractivity contribution in [2.45, 2.75) is 37.8 Å².